The van der Waals surface area contributed by atoms with E-state index in [4.69, 9.17) is 0 Å². The fourth-order valence-electron chi connectivity index (χ4n) is 1.96. The number of nitrogens with zero attached hydrogens (tertiary/aromatic N) is 1. The Hall–Kier alpha value is -2.40. The molecule has 120 valence electrons. The van der Waals surface area contributed by atoms with Crippen molar-refractivity contribution in [3.63, 3.8) is 0 Å². The van der Waals surface area contributed by atoms with Crippen LogP contribution in [-0.2, 0) is 4.79 Å². The van der Waals surface area contributed by atoms with E-state index in [1.54, 1.807) is 32.3 Å². The Balaban J connectivity index is 2.29. The fourth-order valence-corrected chi connectivity index (χ4v) is 2.81. The predicted molar refractivity (Wildman–Crippen MR) is 94.4 cm³/mol. The third kappa shape index (κ3) is 4.29. The minimum atomic E-state index is -0.291. The van der Waals surface area contributed by atoms with Crippen LogP contribution in [0.2, 0.25) is 0 Å². The largest absolute Gasteiger partial charge is 0.344 e. The molecule has 0 saturated carbocycles. The Morgan fingerprint density at radius 2 is 1.74 bits per heavy atom. The van der Waals surface area contributed by atoms with Crippen molar-refractivity contribution in [3.8, 4) is 0 Å². The summed E-state index contributed by atoms with van der Waals surface area (Å²) in [7, 11) is 3.32. The molecule has 4 nitrogen and oxygen atoms in total. The van der Waals surface area contributed by atoms with Crippen LogP contribution in [0, 0.1) is 13.8 Å². The van der Waals surface area contributed by atoms with Crippen molar-refractivity contribution in [3.05, 3.63) is 63.0 Å². The number of hydrogen-bond donors (Lipinski definition) is 1. The molecule has 23 heavy (non-hydrogen) atoms. The zero-order valence-corrected chi connectivity index (χ0v) is 14.5. The second-order valence-electron chi connectivity index (χ2n) is 5.55. The summed E-state index contributed by atoms with van der Waals surface area (Å²) >= 11 is 1.53. The van der Waals surface area contributed by atoms with Gasteiger partial charge in [0.2, 0.25) is 0 Å². The van der Waals surface area contributed by atoms with Crippen molar-refractivity contribution in [1.82, 2.24) is 10.2 Å². The van der Waals surface area contributed by atoms with Gasteiger partial charge in [0, 0.05) is 24.5 Å². The van der Waals surface area contributed by atoms with E-state index in [9.17, 15) is 9.59 Å². The minimum absolute atomic E-state index is 0.238. The molecule has 2 rings (SSSR count). The molecule has 1 aromatic carbocycles. The average molecular weight is 328 g/mol. The Kier molecular flexibility index (Phi) is 5.34. The van der Waals surface area contributed by atoms with Gasteiger partial charge < -0.3 is 10.2 Å². The van der Waals surface area contributed by atoms with Gasteiger partial charge in [0.15, 0.2) is 0 Å². The zero-order valence-electron chi connectivity index (χ0n) is 13.7. The fraction of sp³-hybridized carbons (Fsp3) is 0.222. The van der Waals surface area contributed by atoms with Gasteiger partial charge in [-0.1, -0.05) is 17.7 Å². The van der Waals surface area contributed by atoms with E-state index in [0.717, 1.165) is 16.0 Å². The van der Waals surface area contributed by atoms with E-state index in [1.807, 2.05) is 37.4 Å². The summed E-state index contributed by atoms with van der Waals surface area (Å²) in [6, 6.07) is 9.22. The maximum Gasteiger partial charge on any atom is 0.269 e. The van der Waals surface area contributed by atoms with Gasteiger partial charge in [0.1, 0.15) is 5.70 Å². The van der Waals surface area contributed by atoms with Gasteiger partial charge in [-0.05, 0) is 49.1 Å². The smallest absolute Gasteiger partial charge is 0.269 e. The topological polar surface area (TPSA) is 49.4 Å². The average Bonchev–Trinajstić information content (AvgIpc) is 2.91. The third-order valence-corrected chi connectivity index (χ3v) is 4.34. The summed E-state index contributed by atoms with van der Waals surface area (Å²) in [4.78, 5) is 27.1. The number of carbonyl (C=O) groups excluding carboxylic acids is 2. The molecule has 1 aromatic heterocycles. The molecule has 5 heteroatoms. The highest BCUT2D eigenvalue weighted by Gasteiger charge is 2.16. The molecule has 0 spiro atoms. The second-order valence-corrected chi connectivity index (χ2v) is 6.49. The van der Waals surface area contributed by atoms with E-state index < -0.39 is 0 Å². The Labute approximate surface area is 140 Å². The van der Waals surface area contributed by atoms with E-state index in [0.29, 0.717) is 5.56 Å². The molecule has 0 aliphatic carbocycles. The van der Waals surface area contributed by atoms with Gasteiger partial charge in [-0.25, -0.2) is 0 Å². The van der Waals surface area contributed by atoms with Crippen molar-refractivity contribution < 1.29 is 9.59 Å². The molecule has 0 aliphatic heterocycles. The molecule has 0 aliphatic rings. The lowest BCUT2D eigenvalue weighted by Gasteiger charge is -2.15. The van der Waals surface area contributed by atoms with Crippen LogP contribution < -0.4 is 5.32 Å². The number of amides is 2. The van der Waals surface area contributed by atoms with E-state index in [2.05, 4.69) is 5.32 Å². The number of thiophene rings is 1. The molecule has 1 N–H and O–H groups in total. The van der Waals surface area contributed by atoms with Crippen LogP contribution in [0.1, 0.15) is 26.4 Å². The standard InChI is InChI=1S/C18H20N2O2S/c1-12-5-7-14(8-6-12)17(21)19-15(18(22)20(3)4)11-16-13(2)9-10-23-16/h5-11H,1-4H3,(H,19,21). The Bertz CT molecular complexity index is 743. The molecule has 0 bridgehead atoms. The van der Waals surface area contributed by atoms with E-state index in [1.165, 1.54) is 16.2 Å². The summed E-state index contributed by atoms with van der Waals surface area (Å²) in [5.41, 5.74) is 2.95. The quantitative estimate of drug-likeness (QED) is 0.876. The highest BCUT2D eigenvalue weighted by Crippen LogP contribution is 2.19. The summed E-state index contributed by atoms with van der Waals surface area (Å²) in [6.07, 6.45) is 1.73. The first-order chi connectivity index (χ1) is 10.9. The summed E-state index contributed by atoms with van der Waals surface area (Å²) < 4.78 is 0. The number of nitrogens with one attached hydrogen (secondary N) is 1. The summed E-state index contributed by atoms with van der Waals surface area (Å²) in [5.74, 6) is -0.529. The maximum atomic E-state index is 12.4. The molecule has 0 saturated heterocycles. The predicted octanol–water partition coefficient (Wildman–Crippen LogP) is 3.22. The van der Waals surface area contributed by atoms with Crippen molar-refractivity contribution in [1.29, 1.82) is 0 Å². The lowest BCUT2D eigenvalue weighted by molar-refractivity contribution is -0.124. The molecule has 1 heterocycles. The Morgan fingerprint density at radius 1 is 1.09 bits per heavy atom. The number of benzene rings is 1. The monoisotopic (exact) mass is 328 g/mol. The molecular weight excluding hydrogens is 308 g/mol. The number of carbonyl (C=O) groups is 2. The molecule has 2 amide bonds. The van der Waals surface area contributed by atoms with Crippen LogP contribution in [0.5, 0.6) is 0 Å². The first kappa shape index (κ1) is 17.0. The van der Waals surface area contributed by atoms with Crippen molar-refractivity contribution in [2.24, 2.45) is 0 Å². The van der Waals surface area contributed by atoms with Crippen molar-refractivity contribution in [2.45, 2.75) is 13.8 Å². The first-order valence-electron chi connectivity index (χ1n) is 7.24. The molecule has 0 fully saturated rings. The number of likely N-dealkylation sites (N-methyl/N-ethyl adjacent to an activating group) is 1. The van der Waals surface area contributed by atoms with E-state index in [-0.39, 0.29) is 17.5 Å². The van der Waals surface area contributed by atoms with Crippen molar-refractivity contribution in [2.75, 3.05) is 14.1 Å². The lowest BCUT2D eigenvalue weighted by atomic mass is 10.1. The number of hydrogen-bond acceptors (Lipinski definition) is 3. The van der Waals surface area contributed by atoms with Gasteiger partial charge in [0.25, 0.3) is 11.8 Å². The van der Waals surface area contributed by atoms with Gasteiger partial charge in [-0.3, -0.25) is 9.59 Å². The van der Waals surface area contributed by atoms with Crippen LogP contribution >= 0.6 is 11.3 Å². The van der Waals surface area contributed by atoms with Crippen molar-refractivity contribution >= 4 is 29.2 Å². The molecule has 0 radical (unpaired) electrons. The number of aryl methyl sites for hydroxylation is 2. The maximum absolute atomic E-state index is 12.4. The Morgan fingerprint density at radius 3 is 2.26 bits per heavy atom. The van der Waals surface area contributed by atoms with Crippen LogP contribution in [0.4, 0.5) is 0 Å². The molecule has 0 unspecified atom stereocenters. The second kappa shape index (κ2) is 7.24. The zero-order chi connectivity index (χ0) is 17.0. The lowest BCUT2D eigenvalue weighted by Crippen LogP contribution is -2.34. The highest BCUT2D eigenvalue weighted by molar-refractivity contribution is 7.11. The third-order valence-electron chi connectivity index (χ3n) is 3.38. The van der Waals surface area contributed by atoms with Gasteiger partial charge >= 0.3 is 0 Å². The van der Waals surface area contributed by atoms with Crippen LogP contribution in [0.25, 0.3) is 6.08 Å². The van der Waals surface area contributed by atoms with Crippen LogP contribution in [-0.4, -0.2) is 30.8 Å². The first-order valence-corrected chi connectivity index (χ1v) is 8.12. The normalized spacial score (nSPS) is 11.2. The van der Waals surface area contributed by atoms with Gasteiger partial charge in [-0.2, -0.15) is 0 Å². The SMILES string of the molecule is Cc1ccc(C(=O)NC(=Cc2sccc2C)C(=O)N(C)C)cc1. The minimum Gasteiger partial charge on any atom is -0.344 e. The van der Waals surface area contributed by atoms with E-state index >= 15 is 0 Å². The van der Waals surface area contributed by atoms with Gasteiger partial charge in [0.05, 0.1) is 0 Å². The summed E-state index contributed by atoms with van der Waals surface area (Å²) in [5, 5.41) is 4.70. The van der Waals surface area contributed by atoms with Crippen LogP contribution in [0.3, 0.4) is 0 Å². The van der Waals surface area contributed by atoms with Gasteiger partial charge in [-0.15, -0.1) is 11.3 Å². The van der Waals surface area contributed by atoms with Crippen LogP contribution in [0.15, 0.2) is 41.4 Å². The molecule has 0 atom stereocenters. The molecular formula is C18H20N2O2S. The number of rotatable bonds is 4. The summed E-state index contributed by atoms with van der Waals surface area (Å²) in [6.45, 7) is 3.93. The highest BCUT2D eigenvalue weighted by atomic mass is 32.1. The molecule has 2 aromatic rings.